The van der Waals surface area contributed by atoms with E-state index in [1.165, 1.54) is 6.08 Å². The number of halogens is 1. The zero-order valence-corrected chi connectivity index (χ0v) is 15.8. The number of rotatable bonds is 7. The second-order valence-corrected chi connectivity index (χ2v) is 6.32. The molecule has 6 heteroatoms. The van der Waals surface area contributed by atoms with Crippen LogP contribution in [0.3, 0.4) is 0 Å². The number of carbonyl (C=O) groups excluding carboxylic acids is 1. The lowest BCUT2D eigenvalue weighted by Gasteiger charge is -2.11. The largest absolute Gasteiger partial charge is 0.492 e. The third kappa shape index (κ3) is 4.26. The average molecular weight is 393 g/mol. The molecule has 0 saturated carbocycles. The van der Waals surface area contributed by atoms with Crippen molar-refractivity contribution in [2.75, 3.05) is 13.7 Å². The minimum Gasteiger partial charge on any atom is -0.492 e. The molecule has 0 fully saturated rings. The van der Waals surface area contributed by atoms with Gasteiger partial charge < -0.3 is 9.47 Å². The Morgan fingerprint density at radius 2 is 2.17 bits per heavy atom. The van der Waals surface area contributed by atoms with Crippen molar-refractivity contribution in [2.24, 2.45) is 0 Å². The van der Waals surface area contributed by atoms with E-state index in [1.807, 2.05) is 32.9 Å². The molecular weight excluding hydrogens is 372 g/mol. The number of hydrogen-bond donors (Lipinski definition) is 0. The summed E-state index contributed by atoms with van der Waals surface area (Å²) >= 11 is 3.46. The van der Waals surface area contributed by atoms with Crippen molar-refractivity contribution in [3.05, 3.63) is 46.2 Å². The van der Waals surface area contributed by atoms with Crippen LogP contribution in [0.25, 0.3) is 6.08 Å². The number of ether oxygens (including phenoxy) is 2. The Labute approximate surface area is 150 Å². The van der Waals surface area contributed by atoms with E-state index in [0.717, 1.165) is 10.0 Å². The van der Waals surface area contributed by atoms with Crippen LogP contribution in [-0.4, -0.2) is 29.3 Å². The van der Waals surface area contributed by atoms with E-state index in [-0.39, 0.29) is 11.8 Å². The molecule has 0 amide bonds. The molecule has 1 heterocycles. The van der Waals surface area contributed by atoms with Crippen LogP contribution in [0.2, 0.25) is 0 Å². The summed E-state index contributed by atoms with van der Waals surface area (Å²) in [6, 6.07) is 3.94. The first kappa shape index (κ1) is 18.3. The van der Waals surface area contributed by atoms with E-state index in [1.54, 1.807) is 30.3 Å². The SMILES string of the molecule is CCOc1cc(/C=C/C(=O)c2cnn(C(C)C)c2)cc(Br)c1OC. The van der Waals surface area contributed by atoms with Gasteiger partial charge in [-0.25, -0.2) is 0 Å². The van der Waals surface area contributed by atoms with Gasteiger partial charge in [0.15, 0.2) is 17.3 Å². The highest BCUT2D eigenvalue weighted by atomic mass is 79.9. The van der Waals surface area contributed by atoms with Gasteiger partial charge in [0.05, 0.1) is 29.9 Å². The van der Waals surface area contributed by atoms with Gasteiger partial charge in [0.1, 0.15) is 0 Å². The fourth-order valence-electron chi connectivity index (χ4n) is 2.16. The van der Waals surface area contributed by atoms with Gasteiger partial charge >= 0.3 is 0 Å². The maximum Gasteiger partial charge on any atom is 0.189 e. The standard InChI is InChI=1S/C18H21BrN2O3/c1-5-24-17-9-13(8-15(19)18(17)23-4)6-7-16(22)14-10-20-21(11-14)12(2)3/h6-12H,5H2,1-4H3/b7-6+. The molecule has 1 aromatic heterocycles. The molecule has 0 bridgehead atoms. The molecule has 2 aromatic rings. The Bertz CT molecular complexity index is 751. The van der Waals surface area contributed by atoms with Gasteiger partial charge in [-0.05, 0) is 60.5 Å². The third-order valence-corrected chi connectivity index (χ3v) is 3.97. The van der Waals surface area contributed by atoms with Gasteiger partial charge in [0.25, 0.3) is 0 Å². The van der Waals surface area contributed by atoms with Gasteiger partial charge in [-0.2, -0.15) is 5.10 Å². The number of benzene rings is 1. The van der Waals surface area contributed by atoms with E-state index in [9.17, 15) is 4.79 Å². The Hall–Kier alpha value is -2.08. The van der Waals surface area contributed by atoms with Gasteiger partial charge in [0, 0.05) is 12.2 Å². The minimum atomic E-state index is -0.0909. The van der Waals surface area contributed by atoms with Crippen molar-refractivity contribution < 1.29 is 14.3 Å². The average Bonchev–Trinajstić information content (AvgIpc) is 3.03. The Kier molecular flexibility index (Phi) is 6.20. The van der Waals surface area contributed by atoms with Crippen LogP contribution in [0, 0.1) is 0 Å². The Morgan fingerprint density at radius 1 is 1.42 bits per heavy atom. The first-order valence-electron chi connectivity index (χ1n) is 7.73. The van der Waals surface area contributed by atoms with E-state index >= 15 is 0 Å². The Balaban J connectivity index is 2.22. The van der Waals surface area contributed by atoms with Crippen molar-refractivity contribution in [3.8, 4) is 11.5 Å². The van der Waals surface area contributed by atoms with Crippen LogP contribution in [0.1, 0.15) is 42.7 Å². The number of carbonyl (C=O) groups is 1. The maximum atomic E-state index is 12.3. The molecule has 24 heavy (non-hydrogen) atoms. The molecule has 128 valence electrons. The second kappa shape index (κ2) is 8.15. The molecule has 0 aliphatic heterocycles. The van der Waals surface area contributed by atoms with E-state index in [4.69, 9.17) is 9.47 Å². The normalized spacial score (nSPS) is 11.2. The summed E-state index contributed by atoms with van der Waals surface area (Å²) < 4.78 is 13.4. The molecular formula is C18H21BrN2O3. The highest BCUT2D eigenvalue weighted by Gasteiger charge is 2.11. The summed E-state index contributed by atoms with van der Waals surface area (Å²) in [4.78, 5) is 12.3. The van der Waals surface area contributed by atoms with Gasteiger partial charge in [-0.15, -0.1) is 0 Å². The van der Waals surface area contributed by atoms with Gasteiger partial charge in [0.2, 0.25) is 0 Å². The minimum absolute atomic E-state index is 0.0909. The van der Waals surface area contributed by atoms with Crippen LogP contribution < -0.4 is 9.47 Å². The lowest BCUT2D eigenvalue weighted by Crippen LogP contribution is -2.00. The van der Waals surface area contributed by atoms with E-state index in [2.05, 4.69) is 21.0 Å². The summed E-state index contributed by atoms with van der Waals surface area (Å²) in [7, 11) is 1.59. The van der Waals surface area contributed by atoms with Crippen molar-refractivity contribution >= 4 is 27.8 Å². The third-order valence-electron chi connectivity index (χ3n) is 3.38. The number of ketones is 1. The first-order valence-corrected chi connectivity index (χ1v) is 8.52. The second-order valence-electron chi connectivity index (χ2n) is 5.47. The molecule has 0 radical (unpaired) electrons. The van der Waals surface area contributed by atoms with Crippen molar-refractivity contribution in [2.45, 2.75) is 26.8 Å². The van der Waals surface area contributed by atoms with Crippen LogP contribution >= 0.6 is 15.9 Å². The van der Waals surface area contributed by atoms with Crippen molar-refractivity contribution in [1.29, 1.82) is 0 Å². The highest BCUT2D eigenvalue weighted by molar-refractivity contribution is 9.10. The summed E-state index contributed by atoms with van der Waals surface area (Å²) in [5, 5.41) is 4.18. The number of aromatic nitrogens is 2. The van der Waals surface area contributed by atoms with E-state index < -0.39 is 0 Å². The van der Waals surface area contributed by atoms with Gasteiger partial charge in [-0.1, -0.05) is 6.08 Å². The summed E-state index contributed by atoms with van der Waals surface area (Å²) in [5.74, 6) is 1.18. The molecule has 0 N–H and O–H groups in total. The summed E-state index contributed by atoms with van der Waals surface area (Å²) in [6.45, 7) is 6.47. The van der Waals surface area contributed by atoms with Crippen LogP contribution in [-0.2, 0) is 0 Å². The van der Waals surface area contributed by atoms with Crippen LogP contribution in [0.4, 0.5) is 0 Å². The lowest BCUT2D eigenvalue weighted by molar-refractivity contribution is 0.104. The molecule has 0 atom stereocenters. The zero-order valence-electron chi connectivity index (χ0n) is 14.2. The highest BCUT2D eigenvalue weighted by Crippen LogP contribution is 2.36. The van der Waals surface area contributed by atoms with E-state index in [0.29, 0.717) is 23.7 Å². The monoisotopic (exact) mass is 392 g/mol. The number of allylic oxidation sites excluding steroid dienone is 1. The van der Waals surface area contributed by atoms with Gasteiger partial charge in [-0.3, -0.25) is 9.48 Å². The van der Waals surface area contributed by atoms with Crippen LogP contribution in [0.5, 0.6) is 11.5 Å². The summed E-state index contributed by atoms with van der Waals surface area (Å²) in [5.41, 5.74) is 1.41. The smallest absolute Gasteiger partial charge is 0.189 e. The number of hydrogen-bond acceptors (Lipinski definition) is 4. The van der Waals surface area contributed by atoms with Crippen molar-refractivity contribution in [1.82, 2.24) is 9.78 Å². The molecule has 0 aliphatic rings. The molecule has 0 aliphatic carbocycles. The summed E-state index contributed by atoms with van der Waals surface area (Å²) in [6.07, 6.45) is 6.63. The first-order chi connectivity index (χ1) is 11.5. The topological polar surface area (TPSA) is 53.3 Å². The molecule has 0 saturated heterocycles. The zero-order chi connectivity index (χ0) is 17.7. The van der Waals surface area contributed by atoms with Crippen molar-refractivity contribution in [3.63, 3.8) is 0 Å². The fourth-order valence-corrected chi connectivity index (χ4v) is 2.78. The number of nitrogens with zero attached hydrogens (tertiary/aromatic N) is 2. The lowest BCUT2D eigenvalue weighted by atomic mass is 10.1. The molecule has 2 rings (SSSR count). The predicted octanol–water partition coefficient (Wildman–Crippen LogP) is 4.53. The number of methoxy groups -OCH3 is 1. The Morgan fingerprint density at radius 3 is 2.75 bits per heavy atom. The fraction of sp³-hybridized carbons (Fsp3) is 0.333. The molecule has 5 nitrogen and oxygen atoms in total. The maximum absolute atomic E-state index is 12.3. The quantitative estimate of drug-likeness (QED) is 0.512. The van der Waals surface area contributed by atoms with Crippen LogP contribution in [0.15, 0.2) is 35.1 Å². The molecule has 0 unspecified atom stereocenters. The molecule has 1 aromatic carbocycles. The molecule has 0 spiro atoms. The predicted molar refractivity (Wildman–Crippen MR) is 97.8 cm³/mol.